The quantitative estimate of drug-likeness (QED) is 0.265. The third-order valence-corrected chi connectivity index (χ3v) is 8.58. The average Bonchev–Trinajstić information content (AvgIpc) is 3.81. The Morgan fingerprint density at radius 3 is 2.40 bits per heavy atom. The number of carbonyl (C=O) groups is 1. The number of aryl methyl sites for hydroxylation is 1. The van der Waals surface area contributed by atoms with Gasteiger partial charge in [0, 0.05) is 43.6 Å². The third-order valence-electron chi connectivity index (χ3n) is 8.33. The molecule has 1 fully saturated rings. The highest BCUT2D eigenvalue weighted by Gasteiger charge is 2.53. The van der Waals surface area contributed by atoms with Crippen molar-refractivity contribution in [3.05, 3.63) is 123 Å². The van der Waals surface area contributed by atoms with Crippen molar-refractivity contribution < 1.29 is 29.2 Å². The lowest BCUT2D eigenvalue weighted by atomic mass is 9.84. The Kier molecular flexibility index (Phi) is 9.39. The summed E-state index contributed by atoms with van der Waals surface area (Å²) in [5, 5.41) is 43.5. The number of hydrogen-bond acceptors (Lipinski definition) is 7. The molecule has 3 aromatic carbocycles. The van der Waals surface area contributed by atoms with Crippen molar-refractivity contribution in [2.75, 3.05) is 13.2 Å². The van der Waals surface area contributed by atoms with E-state index in [2.05, 4.69) is 4.98 Å². The van der Waals surface area contributed by atoms with Gasteiger partial charge in [-0.2, -0.15) is 5.26 Å². The van der Waals surface area contributed by atoms with E-state index in [1.807, 2.05) is 6.07 Å². The highest BCUT2D eigenvalue weighted by atomic mass is 35.5. The summed E-state index contributed by atoms with van der Waals surface area (Å²) < 4.78 is 22.8. The molecule has 2 atom stereocenters. The molecule has 9 nitrogen and oxygen atoms in total. The number of ether oxygens (including phenoxy) is 1. The predicted molar refractivity (Wildman–Crippen MR) is 164 cm³/mol. The molecule has 6 rings (SSSR count). The largest absolute Gasteiger partial charge is 0.392 e. The molecule has 1 amide bonds. The number of aromatic nitrogens is 2. The molecule has 0 spiro atoms. The van der Waals surface area contributed by atoms with Crippen LogP contribution in [0.25, 0.3) is 0 Å². The fraction of sp³-hybridized carbons (Fsp3) is 0.324. The molecule has 11 heteroatoms. The molecule has 0 aliphatic carbocycles. The fourth-order valence-electron chi connectivity index (χ4n) is 5.80. The minimum absolute atomic E-state index is 0.116. The monoisotopic (exact) mass is 632 g/mol. The van der Waals surface area contributed by atoms with Crippen molar-refractivity contribution >= 4 is 17.5 Å². The summed E-state index contributed by atoms with van der Waals surface area (Å²) in [4.78, 5) is 19.4. The number of aliphatic hydroxyl groups excluding tert-OH is 1. The summed E-state index contributed by atoms with van der Waals surface area (Å²) in [6.45, 7) is 3.10. The molecule has 3 heterocycles. The fourth-order valence-corrected chi connectivity index (χ4v) is 5.93. The Morgan fingerprint density at radius 2 is 1.84 bits per heavy atom. The van der Waals surface area contributed by atoms with Crippen molar-refractivity contribution in [3.8, 4) is 6.07 Å². The summed E-state index contributed by atoms with van der Waals surface area (Å²) in [7, 11) is 1.74. The zero-order chi connectivity index (χ0) is 32.4. The van der Waals surface area contributed by atoms with Crippen LogP contribution < -0.4 is 0 Å². The van der Waals surface area contributed by atoms with Crippen LogP contribution in [0.5, 0.6) is 0 Å². The Balaban J connectivity index is 0.000000729. The number of hydrogen-bond donors (Lipinski definition) is 3. The van der Waals surface area contributed by atoms with Crippen LogP contribution in [0, 0.1) is 17.1 Å². The normalized spacial score (nSPS) is 18.6. The van der Waals surface area contributed by atoms with E-state index < -0.39 is 29.7 Å². The van der Waals surface area contributed by atoms with Crippen LogP contribution in [0.2, 0.25) is 5.02 Å². The van der Waals surface area contributed by atoms with Crippen molar-refractivity contribution in [2.45, 2.75) is 50.7 Å². The van der Waals surface area contributed by atoms with Crippen LogP contribution in [-0.4, -0.2) is 48.9 Å². The second kappa shape index (κ2) is 13.1. The summed E-state index contributed by atoms with van der Waals surface area (Å²) in [5.41, 5.74) is -2.53. The number of nitrogens with zero attached hydrogens (tertiary/aromatic N) is 4. The topological polar surface area (TPSA) is 132 Å². The lowest BCUT2D eigenvalue weighted by Gasteiger charge is -2.35. The zero-order valence-electron chi connectivity index (χ0n) is 25.0. The molecular weight excluding hydrogens is 599 g/mol. The predicted octanol–water partition coefficient (Wildman–Crippen LogP) is 4.87. The van der Waals surface area contributed by atoms with Crippen molar-refractivity contribution in [2.24, 2.45) is 7.05 Å². The van der Waals surface area contributed by atoms with Gasteiger partial charge < -0.3 is 24.6 Å². The first kappa shape index (κ1) is 32.3. The minimum atomic E-state index is -2.24. The van der Waals surface area contributed by atoms with Gasteiger partial charge in [0.2, 0.25) is 0 Å². The highest BCUT2D eigenvalue weighted by molar-refractivity contribution is 6.30. The lowest BCUT2D eigenvalue weighted by Crippen LogP contribution is -2.44. The van der Waals surface area contributed by atoms with Gasteiger partial charge in [-0.05, 0) is 72.4 Å². The van der Waals surface area contributed by atoms with Crippen molar-refractivity contribution in [1.29, 1.82) is 5.26 Å². The molecule has 1 saturated heterocycles. The van der Waals surface area contributed by atoms with E-state index >= 15 is 4.39 Å². The highest BCUT2D eigenvalue weighted by Crippen LogP contribution is 2.47. The van der Waals surface area contributed by atoms with E-state index in [1.54, 1.807) is 30.8 Å². The number of amides is 1. The number of aliphatic hydroxyl groups is 3. The van der Waals surface area contributed by atoms with E-state index in [1.165, 1.54) is 61.6 Å². The number of carbonyl (C=O) groups excluding carboxylic acids is 1. The maximum atomic E-state index is 16.2. The average molecular weight is 633 g/mol. The van der Waals surface area contributed by atoms with E-state index in [0.717, 1.165) is 24.2 Å². The van der Waals surface area contributed by atoms with E-state index in [0.29, 0.717) is 21.7 Å². The summed E-state index contributed by atoms with van der Waals surface area (Å²) >= 11 is 6.08. The minimum Gasteiger partial charge on any atom is -0.392 e. The third kappa shape index (κ3) is 5.98. The summed E-state index contributed by atoms with van der Waals surface area (Å²) in [6, 6.07) is 15.2. The zero-order valence-corrected chi connectivity index (χ0v) is 25.8. The Hall–Kier alpha value is -4.11. The molecule has 2 unspecified atom stereocenters. The summed E-state index contributed by atoms with van der Waals surface area (Å²) in [6.07, 6.45) is 5.84. The first-order valence-corrected chi connectivity index (χ1v) is 15.0. The lowest BCUT2D eigenvalue weighted by molar-refractivity contribution is -0.0564. The first-order valence-electron chi connectivity index (χ1n) is 14.6. The van der Waals surface area contributed by atoms with Crippen molar-refractivity contribution in [1.82, 2.24) is 14.5 Å². The maximum Gasteiger partial charge on any atom is 0.257 e. The maximum absolute atomic E-state index is 16.2. The van der Waals surface area contributed by atoms with Gasteiger partial charge >= 0.3 is 0 Å². The molecule has 0 bridgehead atoms. The second-order valence-electron chi connectivity index (χ2n) is 11.2. The van der Waals surface area contributed by atoms with Crippen molar-refractivity contribution in [3.63, 3.8) is 0 Å². The van der Waals surface area contributed by atoms with Gasteiger partial charge in [-0.3, -0.25) is 9.69 Å². The number of imidazole rings is 1. The number of halogens is 2. The van der Waals surface area contributed by atoms with Gasteiger partial charge in [0.25, 0.3) is 5.91 Å². The molecule has 234 valence electrons. The van der Waals surface area contributed by atoms with Crippen LogP contribution in [0.1, 0.15) is 75.6 Å². The van der Waals surface area contributed by atoms with Gasteiger partial charge in [0.1, 0.15) is 11.4 Å². The molecule has 3 N–H and O–H groups in total. The second-order valence-corrected chi connectivity index (χ2v) is 11.6. The standard InChI is InChI=1S/C30H26ClFN4O4.C4H8O/c1-3-29(39,26-15-35(2)17-34-26)22-11-24-27(25(32)12-22)30(40,21-6-8-23(31)9-7-21)36(28(24)38)14-19-5-4-18(13-33)10-20(19)16-37;1-2-4-5-3-1/h4-12,15,17,37,39-40H,3,14,16H2,1-2H3;1-4H2. The van der Waals surface area contributed by atoms with E-state index in [9.17, 15) is 25.4 Å². The van der Waals surface area contributed by atoms with Crippen LogP contribution in [0.3, 0.4) is 0 Å². The Bertz CT molecular complexity index is 1740. The van der Waals surface area contributed by atoms with Crippen LogP contribution in [0.4, 0.5) is 4.39 Å². The molecule has 4 aromatic rings. The smallest absolute Gasteiger partial charge is 0.257 e. The van der Waals surface area contributed by atoms with E-state index in [4.69, 9.17) is 16.3 Å². The van der Waals surface area contributed by atoms with Crippen LogP contribution in [-0.2, 0) is 36.3 Å². The number of benzene rings is 3. The molecule has 2 aliphatic rings. The molecule has 45 heavy (non-hydrogen) atoms. The molecule has 0 radical (unpaired) electrons. The van der Waals surface area contributed by atoms with Crippen LogP contribution >= 0.6 is 11.6 Å². The van der Waals surface area contributed by atoms with Gasteiger partial charge in [0.05, 0.1) is 41.4 Å². The number of rotatable bonds is 7. The molecule has 1 aromatic heterocycles. The molecular formula is C34H34ClFN4O5. The van der Waals surface area contributed by atoms with Gasteiger partial charge in [-0.25, -0.2) is 9.37 Å². The summed E-state index contributed by atoms with van der Waals surface area (Å²) in [5.74, 6) is -1.56. The van der Waals surface area contributed by atoms with Gasteiger partial charge in [-0.15, -0.1) is 0 Å². The SMILES string of the molecule is C1CCOC1.CCC(O)(c1cc(F)c2c(c1)C(=O)N(Cc1ccc(C#N)cc1CO)C2(O)c1ccc(Cl)cc1)c1cn(C)cn1. The first-order chi connectivity index (χ1) is 21.6. The molecule has 0 saturated carbocycles. The van der Waals surface area contributed by atoms with Crippen LogP contribution in [0.15, 0.2) is 67.1 Å². The number of nitriles is 1. The van der Waals surface area contributed by atoms with E-state index in [-0.39, 0.29) is 40.9 Å². The Labute approximate surface area is 265 Å². The molecule has 2 aliphatic heterocycles. The van der Waals surface area contributed by atoms with Gasteiger partial charge in [0.15, 0.2) is 5.72 Å². The Morgan fingerprint density at radius 1 is 1.13 bits per heavy atom. The number of fused-ring (bicyclic) bond motifs is 1. The van der Waals surface area contributed by atoms with Gasteiger partial charge in [-0.1, -0.05) is 36.7 Å².